The van der Waals surface area contributed by atoms with Gasteiger partial charge in [0.2, 0.25) is 3.83 Å². The van der Waals surface area contributed by atoms with E-state index in [4.69, 9.17) is 0 Å². The van der Waals surface area contributed by atoms with Crippen LogP contribution in [-0.4, -0.2) is 24.5 Å². The van der Waals surface area contributed by atoms with Crippen molar-refractivity contribution in [1.29, 1.82) is 0 Å². The Morgan fingerprint density at radius 1 is 1.29 bits per heavy atom. The summed E-state index contributed by atoms with van der Waals surface area (Å²) < 4.78 is 4.71. The van der Waals surface area contributed by atoms with Crippen molar-refractivity contribution in [3.63, 3.8) is 0 Å². The lowest BCUT2D eigenvalue weighted by Gasteiger charge is -2.08. The summed E-state index contributed by atoms with van der Waals surface area (Å²) >= 11 is 2.11. The van der Waals surface area contributed by atoms with E-state index in [1.165, 1.54) is 25.7 Å². The molecule has 0 N–H and O–H groups in total. The minimum Gasteiger partial charge on any atom is -0.269 e. The van der Waals surface area contributed by atoms with Gasteiger partial charge in [0.05, 0.1) is 18.3 Å². The minimum atomic E-state index is 0.611. The highest BCUT2D eigenvalue weighted by Crippen LogP contribution is 2.28. The maximum absolute atomic E-state index is 4.62. The fourth-order valence-corrected chi connectivity index (χ4v) is 2.75. The first-order valence-electron chi connectivity index (χ1n) is 5.90. The van der Waals surface area contributed by atoms with Gasteiger partial charge in [0.15, 0.2) is 0 Å². The lowest BCUT2D eigenvalue weighted by atomic mass is 10.3. The highest BCUT2D eigenvalue weighted by Gasteiger charge is 2.17. The van der Waals surface area contributed by atoms with Gasteiger partial charge in [-0.05, 0) is 18.9 Å². The second kappa shape index (κ2) is 4.75. The van der Waals surface area contributed by atoms with Gasteiger partial charge < -0.3 is 0 Å². The summed E-state index contributed by atoms with van der Waals surface area (Å²) in [6, 6.07) is 2.69. The number of hydrogen-bond donors (Lipinski definition) is 0. The maximum Gasteiger partial charge on any atom is 0.211 e. The van der Waals surface area contributed by atoms with Crippen molar-refractivity contribution in [3.8, 4) is 0 Å². The predicted octanol–water partition coefficient (Wildman–Crippen LogP) is 2.24. The van der Waals surface area contributed by atoms with Crippen molar-refractivity contribution >= 4 is 22.6 Å². The van der Waals surface area contributed by atoms with Crippen LogP contribution in [0.25, 0.3) is 0 Å². The zero-order valence-corrected chi connectivity index (χ0v) is 11.6. The lowest BCUT2D eigenvalue weighted by Crippen LogP contribution is -2.07. The molecule has 0 atom stereocenters. The van der Waals surface area contributed by atoms with Crippen LogP contribution in [0, 0.1) is 3.83 Å². The van der Waals surface area contributed by atoms with E-state index in [1.54, 1.807) is 6.33 Å². The van der Waals surface area contributed by atoms with Crippen LogP contribution in [0.5, 0.6) is 0 Å². The highest BCUT2D eigenvalue weighted by molar-refractivity contribution is 14.1. The van der Waals surface area contributed by atoms with Gasteiger partial charge in [-0.25, -0.2) is 9.67 Å². The normalized spacial score (nSPS) is 16.8. The smallest absolute Gasteiger partial charge is 0.211 e. The molecule has 6 heteroatoms. The van der Waals surface area contributed by atoms with E-state index in [2.05, 4.69) is 54.7 Å². The van der Waals surface area contributed by atoms with E-state index in [9.17, 15) is 0 Å². The number of aromatic nitrogens is 5. The van der Waals surface area contributed by atoms with Crippen LogP contribution in [-0.2, 0) is 6.54 Å². The van der Waals surface area contributed by atoms with Crippen molar-refractivity contribution in [2.45, 2.75) is 38.3 Å². The molecule has 1 aliphatic rings. The molecule has 0 radical (unpaired) electrons. The van der Waals surface area contributed by atoms with Crippen molar-refractivity contribution < 1.29 is 0 Å². The monoisotopic (exact) mass is 343 g/mol. The van der Waals surface area contributed by atoms with E-state index in [0.29, 0.717) is 12.6 Å². The minimum absolute atomic E-state index is 0.611. The average Bonchev–Trinajstić information content (AvgIpc) is 3.00. The Kier molecular flexibility index (Phi) is 3.13. The average molecular weight is 343 g/mol. The Morgan fingerprint density at radius 2 is 2.12 bits per heavy atom. The topological polar surface area (TPSA) is 48.5 Å². The Labute approximate surface area is 113 Å². The predicted molar refractivity (Wildman–Crippen MR) is 71.6 cm³/mol. The summed E-state index contributed by atoms with van der Waals surface area (Å²) in [7, 11) is 0. The van der Waals surface area contributed by atoms with E-state index in [0.717, 1.165) is 9.53 Å². The first kappa shape index (κ1) is 11.2. The van der Waals surface area contributed by atoms with E-state index >= 15 is 0 Å². The second-order valence-corrected chi connectivity index (χ2v) is 5.40. The van der Waals surface area contributed by atoms with Gasteiger partial charge >= 0.3 is 0 Å². The third-order valence-electron chi connectivity index (χ3n) is 3.19. The van der Waals surface area contributed by atoms with Crippen molar-refractivity contribution in [2.24, 2.45) is 0 Å². The molecule has 0 unspecified atom stereocenters. The number of nitrogens with zero attached hydrogens (tertiary/aromatic N) is 5. The van der Waals surface area contributed by atoms with E-state index in [-0.39, 0.29) is 0 Å². The number of rotatable bonds is 3. The van der Waals surface area contributed by atoms with Crippen LogP contribution in [0.3, 0.4) is 0 Å². The van der Waals surface area contributed by atoms with Crippen molar-refractivity contribution in [2.75, 3.05) is 0 Å². The standard InChI is InChI=1S/C11H14IN5/c12-11-13-8-16(15-11)7-9-5-6-17(14-9)10-3-1-2-4-10/h5-6,8,10H,1-4,7H2. The van der Waals surface area contributed by atoms with E-state index in [1.807, 2.05) is 4.68 Å². The molecule has 17 heavy (non-hydrogen) atoms. The molecule has 0 spiro atoms. The first-order valence-corrected chi connectivity index (χ1v) is 6.98. The molecule has 3 rings (SSSR count). The maximum atomic E-state index is 4.62. The van der Waals surface area contributed by atoms with E-state index < -0.39 is 0 Å². The Morgan fingerprint density at radius 3 is 2.82 bits per heavy atom. The molecule has 2 aromatic rings. The van der Waals surface area contributed by atoms with Gasteiger partial charge in [0.25, 0.3) is 0 Å². The summed E-state index contributed by atoms with van der Waals surface area (Å²) in [6.45, 7) is 0.704. The Balaban J connectivity index is 1.71. The molecule has 1 aliphatic carbocycles. The largest absolute Gasteiger partial charge is 0.269 e. The molecule has 0 amide bonds. The van der Waals surface area contributed by atoms with Gasteiger partial charge in [-0.1, -0.05) is 12.8 Å². The van der Waals surface area contributed by atoms with Gasteiger partial charge in [0.1, 0.15) is 6.33 Å². The molecule has 0 aromatic carbocycles. The summed E-state index contributed by atoms with van der Waals surface area (Å²) in [4.78, 5) is 4.10. The zero-order valence-electron chi connectivity index (χ0n) is 9.46. The molecule has 1 fully saturated rings. The SMILES string of the molecule is Ic1ncn(Cc2ccn(C3CCCC3)n2)n1. The fourth-order valence-electron chi connectivity index (χ4n) is 2.35. The molecule has 0 aliphatic heterocycles. The quantitative estimate of drug-likeness (QED) is 0.803. The summed E-state index contributed by atoms with van der Waals surface area (Å²) in [5.74, 6) is 0. The molecular weight excluding hydrogens is 329 g/mol. The molecule has 2 heterocycles. The van der Waals surface area contributed by atoms with Crippen LogP contribution in [0.4, 0.5) is 0 Å². The van der Waals surface area contributed by atoms with Gasteiger partial charge in [-0.15, -0.1) is 5.10 Å². The molecule has 1 saturated carbocycles. The molecule has 5 nitrogen and oxygen atoms in total. The third kappa shape index (κ3) is 2.51. The van der Waals surface area contributed by atoms with Gasteiger partial charge in [-0.3, -0.25) is 4.68 Å². The van der Waals surface area contributed by atoms with Gasteiger partial charge in [0, 0.05) is 28.8 Å². The van der Waals surface area contributed by atoms with Crippen molar-refractivity contribution in [1.82, 2.24) is 24.5 Å². The number of halogens is 1. The Bertz CT molecular complexity index is 497. The summed E-state index contributed by atoms with van der Waals surface area (Å²) in [5.41, 5.74) is 1.05. The third-order valence-corrected chi connectivity index (χ3v) is 3.69. The van der Waals surface area contributed by atoms with Crippen LogP contribution in [0.2, 0.25) is 0 Å². The van der Waals surface area contributed by atoms with Crippen LogP contribution in [0.15, 0.2) is 18.6 Å². The van der Waals surface area contributed by atoms with Crippen LogP contribution < -0.4 is 0 Å². The number of hydrogen-bond acceptors (Lipinski definition) is 3. The fraction of sp³-hybridized carbons (Fsp3) is 0.545. The molecule has 2 aromatic heterocycles. The van der Waals surface area contributed by atoms with Gasteiger partial charge in [-0.2, -0.15) is 5.10 Å². The zero-order chi connectivity index (χ0) is 11.7. The highest BCUT2D eigenvalue weighted by atomic mass is 127. The molecule has 0 saturated heterocycles. The first-order chi connectivity index (χ1) is 8.31. The second-order valence-electron chi connectivity index (χ2n) is 4.44. The Hall–Kier alpha value is -0.920. The van der Waals surface area contributed by atoms with Crippen LogP contribution in [0.1, 0.15) is 37.4 Å². The molecular formula is C11H14IN5. The molecule has 0 bridgehead atoms. The summed E-state index contributed by atoms with van der Waals surface area (Å²) in [6.07, 6.45) is 9.04. The summed E-state index contributed by atoms with van der Waals surface area (Å²) in [5, 5.41) is 8.88. The lowest BCUT2D eigenvalue weighted by molar-refractivity contribution is 0.460. The van der Waals surface area contributed by atoms with Crippen LogP contribution >= 0.6 is 22.6 Å². The molecule has 90 valence electrons. The van der Waals surface area contributed by atoms with Crippen molar-refractivity contribution in [3.05, 3.63) is 28.1 Å².